The van der Waals surface area contributed by atoms with E-state index in [9.17, 15) is 19.2 Å². The van der Waals surface area contributed by atoms with Crippen molar-refractivity contribution in [3.05, 3.63) is 71.1 Å². The number of ether oxygens (including phenoxy) is 2. The van der Waals surface area contributed by atoms with Gasteiger partial charge in [0.1, 0.15) is 12.1 Å². The van der Waals surface area contributed by atoms with Crippen molar-refractivity contribution in [1.82, 2.24) is 20.4 Å². The van der Waals surface area contributed by atoms with E-state index in [1.807, 2.05) is 49.9 Å². The molecule has 6 atom stereocenters. The summed E-state index contributed by atoms with van der Waals surface area (Å²) in [6, 6.07) is 11.9. The fourth-order valence-corrected chi connectivity index (χ4v) is 11.4. The summed E-state index contributed by atoms with van der Waals surface area (Å²) in [4.78, 5) is 66.3. The summed E-state index contributed by atoms with van der Waals surface area (Å²) in [7, 11) is 2.63. The highest BCUT2D eigenvalue weighted by atomic mass is 16.5. The van der Waals surface area contributed by atoms with Gasteiger partial charge in [-0.3, -0.25) is 19.6 Å². The number of hydrogen-bond donors (Lipinski definition) is 2. The number of carbonyl (C=O) groups is 4. The Bertz CT molecular complexity index is 2300. The van der Waals surface area contributed by atoms with Gasteiger partial charge in [-0.25, -0.2) is 9.59 Å². The number of allylic oxidation sites excluding steroid dienone is 2. The Kier molecular flexibility index (Phi) is 12.0. The molecule has 3 fully saturated rings. The minimum absolute atomic E-state index is 0.0860. The lowest BCUT2D eigenvalue weighted by Crippen LogP contribution is -2.53. The predicted octanol–water partition coefficient (Wildman–Crippen LogP) is 9.10. The lowest BCUT2D eigenvalue weighted by molar-refractivity contribution is -0.135. The van der Waals surface area contributed by atoms with Crippen LogP contribution in [0.2, 0.25) is 0 Å². The molecule has 4 amide bonds. The highest BCUT2D eigenvalue weighted by Crippen LogP contribution is 2.58. The average molecular weight is 859 g/mol. The molecule has 0 aromatic heterocycles. The summed E-state index contributed by atoms with van der Waals surface area (Å²) in [6.45, 7) is 17.7. The van der Waals surface area contributed by atoms with Crippen LogP contribution in [0.4, 0.5) is 9.59 Å². The molecule has 8 rings (SSSR count). The van der Waals surface area contributed by atoms with E-state index < -0.39 is 24.3 Å². The largest absolute Gasteiger partial charge is 0.453 e. The normalized spacial score (nSPS) is 25.1. The Hall–Kier alpha value is -5.26. The van der Waals surface area contributed by atoms with Gasteiger partial charge < -0.3 is 29.9 Å². The minimum Gasteiger partial charge on any atom is -0.453 e. The molecule has 4 heterocycles. The van der Waals surface area contributed by atoms with Crippen LogP contribution < -0.4 is 10.6 Å². The Morgan fingerprint density at radius 3 is 1.54 bits per heavy atom. The maximum atomic E-state index is 14.1. The zero-order valence-corrected chi connectivity index (χ0v) is 38.8. The number of methoxy groups -OCH3 is 2. The second kappa shape index (κ2) is 17.0. The fraction of sp³-hybridized carbons (Fsp3) is 0.569. The monoisotopic (exact) mass is 859 g/mol. The van der Waals surface area contributed by atoms with Crippen LogP contribution in [0, 0.1) is 22.7 Å². The molecule has 2 bridgehead atoms. The second-order valence-corrected chi connectivity index (χ2v) is 21.1. The van der Waals surface area contributed by atoms with E-state index in [1.54, 1.807) is 0 Å². The molecule has 12 nitrogen and oxygen atoms in total. The molecule has 2 saturated heterocycles. The van der Waals surface area contributed by atoms with Gasteiger partial charge in [0.25, 0.3) is 0 Å². The molecule has 12 heteroatoms. The van der Waals surface area contributed by atoms with Crippen molar-refractivity contribution in [3.8, 4) is 11.1 Å². The quantitative estimate of drug-likeness (QED) is 0.231. The van der Waals surface area contributed by atoms with Crippen LogP contribution in [-0.4, -0.2) is 96.7 Å². The van der Waals surface area contributed by atoms with Crippen molar-refractivity contribution in [2.75, 3.05) is 27.3 Å². The van der Waals surface area contributed by atoms with Crippen LogP contribution in [0.25, 0.3) is 22.3 Å². The number of carbonyl (C=O) groups excluding carboxylic acids is 4. The molecule has 2 aromatic rings. The number of benzene rings is 2. The smallest absolute Gasteiger partial charge is 0.407 e. The van der Waals surface area contributed by atoms with Crippen molar-refractivity contribution < 1.29 is 28.7 Å². The first-order chi connectivity index (χ1) is 29.9. The molecular formula is C51H66N6O6. The van der Waals surface area contributed by atoms with E-state index in [1.165, 1.54) is 66.9 Å². The summed E-state index contributed by atoms with van der Waals surface area (Å²) >= 11 is 0. The summed E-state index contributed by atoms with van der Waals surface area (Å²) in [5, 5.41) is 5.56. The highest BCUT2D eigenvalue weighted by molar-refractivity contribution is 6.05. The van der Waals surface area contributed by atoms with Crippen LogP contribution in [0.3, 0.4) is 0 Å². The third-order valence-electron chi connectivity index (χ3n) is 14.5. The van der Waals surface area contributed by atoms with E-state index in [4.69, 9.17) is 19.5 Å². The van der Waals surface area contributed by atoms with Gasteiger partial charge >= 0.3 is 12.2 Å². The summed E-state index contributed by atoms with van der Waals surface area (Å²) in [6.07, 6.45) is 9.38. The number of rotatable bonds is 11. The lowest BCUT2D eigenvalue weighted by atomic mass is 9.80. The van der Waals surface area contributed by atoms with Gasteiger partial charge in [0.2, 0.25) is 11.8 Å². The second-order valence-electron chi connectivity index (χ2n) is 21.1. The molecule has 2 N–H and O–H groups in total. The standard InChI is InChI=1S/C51H66N6O6/c1-28(2)44(54-48(60)62-9)46(58)56-26-50(5,6)22-40(56)38-20-34(24-52-38)30-11-13-31(14-12-30)36-17-18-37(43-33-16-15-32(19-33)42(36)43)35-21-39(53-25-35)41-23-51(7,8)27-57(41)47(59)45(29(3)4)55-49(61)63-10/h11-14,17-18,24-25,28-29,32-33,40-41,44-45H,15-16,19-23,26-27H2,1-10H3,(H,54,60)(H,55,61)/t32?,33?,40-,41-,44-,45-/m0/s1. The first kappa shape index (κ1) is 44.4. The van der Waals surface area contributed by atoms with Gasteiger partial charge in [-0.2, -0.15) is 0 Å². The Morgan fingerprint density at radius 2 is 1.06 bits per heavy atom. The first-order valence-electron chi connectivity index (χ1n) is 23.0. The van der Waals surface area contributed by atoms with E-state index in [2.05, 4.69) is 74.7 Å². The summed E-state index contributed by atoms with van der Waals surface area (Å²) < 4.78 is 9.71. The molecule has 336 valence electrons. The number of likely N-dealkylation sites (tertiary alicyclic amines) is 2. The zero-order valence-electron chi connectivity index (χ0n) is 38.8. The van der Waals surface area contributed by atoms with Gasteiger partial charge in [-0.15, -0.1) is 0 Å². The van der Waals surface area contributed by atoms with Gasteiger partial charge in [0.05, 0.1) is 26.3 Å². The van der Waals surface area contributed by atoms with Crippen molar-refractivity contribution >= 4 is 46.6 Å². The summed E-state index contributed by atoms with van der Waals surface area (Å²) in [5.74, 6) is 0.678. The molecular weight excluding hydrogens is 793 g/mol. The highest BCUT2D eigenvalue weighted by Gasteiger charge is 2.48. The number of fused-ring (bicyclic) bond motifs is 5. The van der Waals surface area contributed by atoms with E-state index in [0.717, 1.165) is 35.4 Å². The summed E-state index contributed by atoms with van der Waals surface area (Å²) in [5.41, 5.74) is 12.1. The van der Waals surface area contributed by atoms with E-state index >= 15 is 0 Å². The van der Waals surface area contributed by atoms with Gasteiger partial charge in [0.15, 0.2) is 0 Å². The molecule has 1 saturated carbocycles. The number of nitrogens with zero attached hydrogens (tertiary/aromatic N) is 4. The topological polar surface area (TPSA) is 142 Å². The Balaban J connectivity index is 0.979. The SMILES string of the molecule is COC(=O)N[C@H](C(=O)N1CC(C)(C)C[C@H]1C1=NC=C(c2ccc(-c3ccc(C4=CN=C([C@@H]5CC(C)(C)CN5C(=O)[C@@H](NC(=O)OC)C(C)C)C4)c4c3C3CCC4C3)cc2)C1)C(C)C. The molecule has 63 heavy (non-hydrogen) atoms. The Labute approximate surface area is 373 Å². The molecule has 2 aliphatic carbocycles. The third-order valence-corrected chi connectivity index (χ3v) is 14.5. The minimum atomic E-state index is -0.683. The van der Waals surface area contributed by atoms with Crippen LogP contribution in [0.1, 0.15) is 134 Å². The van der Waals surface area contributed by atoms with Crippen LogP contribution in [-0.2, 0) is 19.1 Å². The van der Waals surface area contributed by atoms with Crippen LogP contribution >= 0.6 is 0 Å². The fourth-order valence-electron chi connectivity index (χ4n) is 11.4. The van der Waals surface area contributed by atoms with Crippen molar-refractivity contribution in [2.45, 2.75) is 136 Å². The van der Waals surface area contributed by atoms with Gasteiger partial charge in [-0.1, -0.05) is 91.8 Å². The molecule has 6 aliphatic rings. The predicted molar refractivity (Wildman–Crippen MR) is 247 cm³/mol. The lowest BCUT2D eigenvalue weighted by Gasteiger charge is -2.31. The van der Waals surface area contributed by atoms with Gasteiger partial charge in [-0.05, 0) is 111 Å². The number of hydrogen-bond acceptors (Lipinski definition) is 8. The maximum Gasteiger partial charge on any atom is 0.407 e. The maximum absolute atomic E-state index is 14.1. The number of nitrogens with one attached hydrogen (secondary N) is 2. The molecule has 2 unspecified atom stereocenters. The van der Waals surface area contributed by atoms with Crippen molar-refractivity contribution in [2.24, 2.45) is 32.7 Å². The molecule has 0 spiro atoms. The van der Waals surface area contributed by atoms with Gasteiger partial charge in [0, 0.05) is 49.8 Å². The molecule has 0 radical (unpaired) electrons. The Morgan fingerprint density at radius 1 is 0.635 bits per heavy atom. The third kappa shape index (κ3) is 8.58. The average Bonchev–Trinajstić information content (AvgIpc) is 4.12. The van der Waals surface area contributed by atoms with Crippen LogP contribution in [0.15, 0.2) is 58.8 Å². The van der Waals surface area contributed by atoms with Crippen molar-refractivity contribution in [3.63, 3.8) is 0 Å². The first-order valence-corrected chi connectivity index (χ1v) is 23.0. The molecule has 4 aliphatic heterocycles. The van der Waals surface area contributed by atoms with E-state index in [-0.39, 0.29) is 46.6 Å². The van der Waals surface area contributed by atoms with Crippen molar-refractivity contribution in [1.29, 1.82) is 0 Å². The number of alkyl carbamates (subject to hydrolysis) is 2. The van der Waals surface area contributed by atoms with E-state index in [0.29, 0.717) is 37.8 Å². The van der Waals surface area contributed by atoms with Crippen LogP contribution in [0.5, 0.6) is 0 Å². The number of aliphatic imine (C=N–C) groups is 2. The zero-order chi connectivity index (χ0) is 45.1. The molecule has 2 aromatic carbocycles. The number of amides is 4.